The van der Waals surface area contributed by atoms with Crippen LogP contribution in [0.4, 0.5) is 0 Å². The van der Waals surface area contributed by atoms with Gasteiger partial charge < -0.3 is 4.42 Å². The number of nitrogens with one attached hydrogen (secondary N) is 1. The third-order valence-corrected chi connectivity index (χ3v) is 2.29. The van der Waals surface area contributed by atoms with Crippen molar-refractivity contribution in [2.75, 3.05) is 0 Å². The van der Waals surface area contributed by atoms with E-state index < -0.39 is 0 Å². The van der Waals surface area contributed by atoms with Crippen LogP contribution in [0.3, 0.4) is 0 Å². The Morgan fingerprint density at radius 1 is 1.71 bits per heavy atom. The van der Waals surface area contributed by atoms with Crippen LogP contribution in [0.5, 0.6) is 0 Å². The minimum absolute atomic E-state index is 0.141. The number of hydrogen-bond donors (Lipinski definition) is 2. The summed E-state index contributed by atoms with van der Waals surface area (Å²) in [7, 11) is 0. The lowest BCUT2D eigenvalue weighted by molar-refractivity contribution is 0.477. The average molecular weight is 192 g/mol. The highest BCUT2D eigenvalue weighted by atomic mass is 16.3. The fraction of sp³-hybridized carbons (Fsp3) is 0.455. The summed E-state index contributed by atoms with van der Waals surface area (Å²) in [6.45, 7) is 1.93. The Hall–Kier alpha value is -1.24. The van der Waals surface area contributed by atoms with Gasteiger partial charge in [0.1, 0.15) is 5.76 Å². The van der Waals surface area contributed by atoms with E-state index in [0.717, 1.165) is 30.6 Å². The summed E-state index contributed by atoms with van der Waals surface area (Å²) in [6, 6.07) is 2.08. The summed E-state index contributed by atoms with van der Waals surface area (Å²) in [6.07, 6.45) is 9.55. The van der Waals surface area contributed by atoms with E-state index in [9.17, 15) is 0 Å². The quantitative estimate of drug-likeness (QED) is 0.324. The molecular weight excluding hydrogens is 176 g/mol. The maximum Gasteiger partial charge on any atom is 0.105 e. The second-order valence-electron chi connectivity index (χ2n) is 3.25. The fourth-order valence-corrected chi connectivity index (χ4v) is 1.49. The number of hydrazine groups is 1. The van der Waals surface area contributed by atoms with Crippen molar-refractivity contribution in [3.8, 4) is 12.3 Å². The van der Waals surface area contributed by atoms with E-state index in [1.54, 1.807) is 6.26 Å². The van der Waals surface area contributed by atoms with Gasteiger partial charge in [0.15, 0.2) is 0 Å². The molecule has 0 saturated heterocycles. The number of hydrogen-bond acceptors (Lipinski definition) is 3. The monoisotopic (exact) mass is 192 g/mol. The van der Waals surface area contributed by atoms with Gasteiger partial charge in [-0.05, 0) is 25.8 Å². The first-order valence-corrected chi connectivity index (χ1v) is 4.73. The van der Waals surface area contributed by atoms with Gasteiger partial charge in [0.25, 0.3) is 0 Å². The van der Waals surface area contributed by atoms with Crippen LogP contribution in [0, 0.1) is 19.3 Å². The smallest absolute Gasteiger partial charge is 0.105 e. The molecular formula is C11H16N2O. The summed E-state index contributed by atoms with van der Waals surface area (Å²) >= 11 is 0. The van der Waals surface area contributed by atoms with Crippen molar-refractivity contribution in [1.82, 2.24) is 5.43 Å². The summed E-state index contributed by atoms with van der Waals surface area (Å²) < 4.78 is 5.22. The predicted molar refractivity (Wildman–Crippen MR) is 56.2 cm³/mol. The first-order chi connectivity index (χ1) is 6.79. The predicted octanol–water partition coefficient (Wildman–Crippen LogP) is 1.90. The van der Waals surface area contributed by atoms with Crippen LogP contribution in [0.2, 0.25) is 0 Å². The van der Waals surface area contributed by atoms with Gasteiger partial charge in [-0.1, -0.05) is 0 Å². The molecule has 0 aliphatic carbocycles. The Morgan fingerprint density at radius 2 is 2.50 bits per heavy atom. The van der Waals surface area contributed by atoms with Crippen LogP contribution >= 0.6 is 0 Å². The number of unbranched alkanes of at least 4 members (excludes halogenated alkanes) is 1. The molecule has 1 heterocycles. The molecule has 0 amide bonds. The number of rotatable bonds is 5. The second kappa shape index (κ2) is 5.48. The van der Waals surface area contributed by atoms with E-state index >= 15 is 0 Å². The first kappa shape index (κ1) is 10.8. The van der Waals surface area contributed by atoms with Crippen LogP contribution in [-0.2, 0) is 0 Å². The van der Waals surface area contributed by atoms with E-state index in [2.05, 4.69) is 11.3 Å². The number of furan rings is 1. The molecule has 0 saturated carbocycles. The van der Waals surface area contributed by atoms with Crippen LogP contribution in [-0.4, -0.2) is 0 Å². The summed E-state index contributed by atoms with van der Waals surface area (Å²) in [4.78, 5) is 0. The normalized spacial score (nSPS) is 12.4. The number of nitrogens with two attached hydrogens (primary N) is 1. The molecule has 0 aliphatic heterocycles. The van der Waals surface area contributed by atoms with Gasteiger partial charge in [-0.2, -0.15) is 0 Å². The maximum absolute atomic E-state index is 5.47. The summed E-state index contributed by atoms with van der Waals surface area (Å²) in [5.74, 6) is 9.00. The average Bonchev–Trinajstić information content (AvgIpc) is 2.60. The second-order valence-corrected chi connectivity index (χ2v) is 3.25. The maximum atomic E-state index is 5.47. The molecule has 3 heteroatoms. The fourth-order valence-electron chi connectivity index (χ4n) is 1.49. The Morgan fingerprint density at radius 3 is 3.00 bits per heavy atom. The lowest BCUT2D eigenvalue weighted by atomic mass is 10.0. The van der Waals surface area contributed by atoms with Crippen LogP contribution in [0.25, 0.3) is 0 Å². The van der Waals surface area contributed by atoms with Gasteiger partial charge >= 0.3 is 0 Å². The number of aryl methyl sites for hydroxylation is 1. The zero-order chi connectivity index (χ0) is 10.4. The Bertz CT molecular complexity index is 311. The Kier molecular flexibility index (Phi) is 4.24. The molecule has 0 aromatic carbocycles. The highest BCUT2D eigenvalue weighted by Crippen LogP contribution is 2.22. The number of terminal acetylenes is 1. The topological polar surface area (TPSA) is 51.2 Å². The zero-order valence-electron chi connectivity index (χ0n) is 8.42. The van der Waals surface area contributed by atoms with Crippen molar-refractivity contribution in [2.24, 2.45) is 5.84 Å². The standard InChI is InChI=1S/C11H16N2O/c1-3-4-5-6-11(13-12)10-7-8-14-9(10)2/h1,7-8,11,13H,4-6,12H2,2H3. The van der Waals surface area contributed by atoms with E-state index in [1.807, 2.05) is 13.0 Å². The van der Waals surface area contributed by atoms with E-state index in [1.165, 1.54) is 0 Å². The van der Waals surface area contributed by atoms with Gasteiger partial charge in [-0.25, -0.2) is 0 Å². The third-order valence-electron chi connectivity index (χ3n) is 2.29. The van der Waals surface area contributed by atoms with Crippen LogP contribution in [0.1, 0.15) is 36.6 Å². The molecule has 0 aliphatic rings. The van der Waals surface area contributed by atoms with Crippen LogP contribution < -0.4 is 11.3 Å². The van der Waals surface area contributed by atoms with Crippen molar-refractivity contribution in [3.63, 3.8) is 0 Å². The zero-order valence-corrected chi connectivity index (χ0v) is 8.42. The van der Waals surface area contributed by atoms with E-state index in [-0.39, 0.29) is 6.04 Å². The lowest BCUT2D eigenvalue weighted by Gasteiger charge is -2.14. The molecule has 3 nitrogen and oxygen atoms in total. The van der Waals surface area contributed by atoms with Crippen molar-refractivity contribution in [3.05, 3.63) is 23.7 Å². The molecule has 14 heavy (non-hydrogen) atoms. The van der Waals surface area contributed by atoms with Gasteiger partial charge in [-0.3, -0.25) is 11.3 Å². The molecule has 1 aromatic rings. The molecule has 1 unspecified atom stereocenters. The molecule has 0 spiro atoms. The Balaban J connectivity index is 2.55. The molecule has 1 rings (SSSR count). The van der Waals surface area contributed by atoms with E-state index in [0.29, 0.717) is 0 Å². The van der Waals surface area contributed by atoms with Crippen molar-refractivity contribution >= 4 is 0 Å². The Labute approximate surface area is 84.6 Å². The summed E-state index contributed by atoms with van der Waals surface area (Å²) in [5.41, 5.74) is 3.89. The minimum atomic E-state index is 0.141. The molecule has 0 radical (unpaired) electrons. The molecule has 1 atom stereocenters. The molecule has 1 aromatic heterocycles. The van der Waals surface area contributed by atoms with Crippen molar-refractivity contribution in [2.45, 2.75) is 32.2 Å². The summed E-state index contributed by atoms with van der Waals surface area (Å²) in [5, 5.41) is 0. The van der Waals surface area contributed by atoms with Gasteiger partial charge in [0.2, 0.25) is 0 Å². The van der Waals surface area contributed by atoms with Crippen LogP contribution in [0.15, 0.2) is 16.7 Å². The van der Waals surface area contributed by atoms with Crippen molar-refractivity contribution in [1.29, 1.82) is 0 Å². The molecule has 3 N–H and O–H groups in total. The van der Waals surface area contributed by atoms with Gasteiger partial charge in [0.05, 0.1) is 6.26 Å². The van der Waals surface area contributed by atoms with Crippen molar-refractivity contribution < 1.29 is 4.42 Å². The minimum Gasteiger partial charge on any atom is -0.469 e. The molecule has 76 valence electrons. The van der Waals surface area contributed by atoms with Gasteiger partial charge in [0, 0.05) is 18.0 Å². The SMILES string of the molecule is C#CCCCC(NN)c1ccoc1C. The van der Waals surface area contributed by atoms with Gasteiger partial charge in [-0.15, -0.1) is 12.3 Å². The largest absolute Gasteiger partial charge is 0.469 e. The van der Waals surface area contributed by atoms with E-state index in [4.69, 9.17) is 16.7 Å². The lowest BCUT2D eigenvalue weighted by Crippen LogP contribution is -2.28. The molecule has 0 bridgehead atoms. The third kappa shape index (κ3) is 2.63. The molecule has 0 fully saturated rings. The highest BCUT2D eigenvalue weighted by molar-refractivity contribution is 5.19. The highest BCUT2D eigenvalue weighted by Gasteiger charge is 2.13. The first-order valence-electron chi connectivity index (χ1n) is 4.73.